The molecule has 5 heteroatoms. The summed E-state index contributed by atoms with van der Waals surface area (Å²) in [5.74, 6) is 0.500. The molecule has 0 unspecified atom stereocenters. The van der Waals surface area contributed by atoms with E-state index in [4.69, 9.17) is 4.98 Å². The van der Waals surface area contributed by atoms with E-state index >= 15 is 0 Å². The Morgan fingerprint density at radius 2 is 1.84 bits per heavy atom. The summed E-state index contributed by atoms with van der Waals surface area (Å²) in [5, 5.41) is 0.591. The van der Waals surface area contributed by atoms with Crippen molar-refractivity contribution < 1.29 is 4.39 Å². The third-order valence-corrected chi connectivity index (χ3v) is 4.89. The van der Waals surface area contributed by atoms with Gasteiger partial charge in [0.05, 0.1) is 17.4 Å². The summed E-state index contributed by atoms with van der Waals surface area (Å²) in [6, 6.07) is 12.0. The van der Waals surface area contributed by atoms with Gasteiger partial charge in [-0.05, 0) is 61.3 Å². The van der Waals surface area contributed by atoms with Crippen molar-refractivity contribution in [2.45, 2.75) is 19.4 Å². The number of hydrogen-bond acceptors (Lipinski definition) is 3. The summed E-state index contributed by atoms with van der Waals surface area (Å²) < 4.78 is 15.1. The summed E-state index contributed by atoms with van der Waals surface area (Å²) in [4.78, 5) is 19.7. The molecule has 0 saturated carbocycles. The summed E-state index contributed by atoms with van der Waals surface area (Å²) in [6.45, 7) is 2.79. The van der Waals surface area contributed by atoms with Crippen LogP contribution >= 0.6 is 0 Å². The fraction of sp³-hybridized carbons (Fsp3) is 0.300. The molecular weight excluding hydrogens is 317 g/mol. The molecule has 0 radical (unpaired) electrons. The van der Waals surface area contributed by atoms with Gasteiger partial charge in [-0.1, -0.05) is 18.2 Å². The van der Waals surface area contributed by atoms with Crippen LogP contribution in [0.3, 0.4) is 0 Å². The first-order chi connectivity index (χ1) is 12.1. The highest BCUT2D eigenvalue weighted by atomic mass is 19.1. The van der Waals surface area contributed by atoms with Gasteiger partial charge in [0.25, 0.3) is 5.56 Å². The first-order valence-corrected chi connectivity index (χ1v) is 8.60. The van der Waals surface area contributed by atoms with Gasteiger partial charge in [0, 0.05) is 7.05 Å². The van der Waals surface area contributed by atoms with Crippen LogP contribution in [0, 0.1) is 5.82 Å². The number of nitrogens with zero attached hydrogens (tertiary/aromatic N) is 3. The summed E-state index contributed by atoms with van der Waals surface area (Å²) in [6.07, 6.45) is 2.40. The number of benzene rings is 2. The Labute approximate surface area is 145 Å². The lowest BCUT2D eigenvalue weighted by atomic mass is 10.0. The van der Waals surface area contributed by atoms with Gasteiger partial charge in [0.2, 0.25) is 0 Å². The fourth-order valence-electron chi connectivity index (χ4n) is 3.45. The second-order valence-electron chi connectivity index (χ2n) is 6.62. The maximum atomic E-state index is 13.5. The smallest absolute Gasteiger partial charge is 0.261 e. The second-order valence-corrected chi connectivity index (χ2v) is 6.62. The SMILES string of the molecule is Cn1c(CN2CCCC2)nc2cc(-c3cccc(F)c3)ccc2c1=O. The van der Waals surface area contributed by atoms with Crippen LogP contribution in [0.5, 0.6) is 0 Å². The molecule has 0 N–H and O–H groups in total. The minimum Gasteiger partial charge on any atom is -0.298 e. The number of hydrogen-bond donors (Lipinski definition) is 0. The molecular formula is C20H20FN3O. The first kappa shape index (κ1) is 16.0. The molecule has 0 amide bonds. The Balaban J connectivity index is 1.80. The Hall–Kier alpha value is -2.53. The van der Waals surface area contributed by atoms with E-state index in [1.165, 1.54) is 25.0 Å². The highest BCUT2D eigenvalue weighted by Crippen LogP contribution is 2.23. The third-order valence-electron chi connectivity index (χ3n) is 4.89. The molecule has 0 atom stereocenters. The normalized spacial score (nSPS) is 15.1. The van der Waals surface area contributed by atoms with Crippen LogP contribution < -0.4 is 5.56 Å². The van der Waals surface area contributed by atoms with E-state index in [1.807, 2.05) is 18.2 Å². The predicted molar refractivity (Wildman–Crippen MR) is 96.9 cm³/mol. The van der Waals surface area contributed by atoms with Gasteiger partial charge < -0.3 is 0 Å². The lowest BCUT2D eigenvalue weighted by molar-refractivity contribution is 0.317. The van der Waals surface area contributed by atoms with E-state index in [-0.39, 0.29) is 11.4 Å². The molecule has 1 fully saturated rings. The average molecular weight is 337 g/mol. The minimum absolute atomic E-state index is 0.0370. The van der Waals surface area contributed by atoms with E-state index < -0.39 is 0 Å². The highest BCUT2D eigenvalue weighted by Gasteiger charge is 2.16. The zero-order valence-corrected chi connectivity index (χ0v) is 14.2. The van der Waals surface area contributed by atoms with E-state index in [0.29, 0.717) is 17.4 Å². The molecule has 128 valence electrons. The largest absolute Gasteiger partial charge is 0.298 e. The number of halogens is 1. The molecule has 1 aliphatic heterocycles. The van der Waals surface area contributed by atoms with E-state index in [1.54, 1.807) is 23.7 Å². The molecule has 0 aliphatic carbocycles. The van der Waals surface area contributed by atoms with Crippen molar-refractivity contribution in [1.82, 2.24) is 14.5 Å². The Kier molecular flexibility index (Phi) is 4.09. The van der Waals surface area contributed by atoms with Crippen LogP contribution in [0.15, 0.2) is 47.3 Å². The Morgan fingerprint density at radius 1 is 1.08 bits per heavy atom. The molecule has 3 aromatic rings. The van der Waals surface area contributed by atoms with Gasteiger partial charge >= 0.3 is 0 Å². The van der Waals surface area contributed by atoms with E-state index in [2.05, 4.69) is 4.90 Å². The number of fused-ring (bicyclic) bond motifs is 1. The van der Waals surface area contributed by atoms with Crippen molar-refractivity contribution in [2.24, 2.45) is 7.05 Å². The Bertz CT molecular complexity index is 990. The summed E-state index contributed by atoms with van der Waals surface area (Å²) >= 11 is 0. The number of rotatable bonds is 3. The molecule has 2 heterocycles. The van der Waals surface area contributed by atoms with E-state index in [0.717, 1.165) is 30.0 Å². The Morgan fingerprint density at radius 3 is 2.60 bits per heavy atom. The molecule has 0 bridgehead atoms. The van der Waals surface area contributed by atoms with Crippen LogP contribution in [0.2, 0.25) is 0 Å². The van der Waals surface area contributed by atoms with Crippen molar-refractivity contribution >= 4 is 10.9 Å². The lowest BCUT2D eigenvalue weighted by Gasteiger charge is -2.17. The van der Waals surface area contributed by atoms with Crippen molar-refractivity contribution in [3.63, 3.8) is 0 Å². The van der Waals surface area contributed by atoms with Crippen LogP contribution in [0.4, 0.5) is 4.39 Å². The number of aromatic nitrogens is 2. The fourth-order valence-corrected chi connectivity index (χ4v) is 3.45. The second kappa shape index (κ2) is 6.41. The summed E-state index contributed by atoms with van der Waals surface area (Å²) in [5.41, 5.74) is 2.27. The van der Waals surface area contributed by atoms with Gasteiger partial charge in [-0.3, -0.25) is 14.3 Å². The van der Waals surface area contributed by atoms with Crippen LogP contribution in [0.25, 0.3) is 22.0 Å². The lowest BCUT2D eigenvalue weighted by Crippen LogP contribution is -2.28. The van der Waals surface area contributed by atoms with Crippen molar-refractivity contribution in [3.8, 4) is 11.1 Å². The minimum atomic E-state index is -0.274. The standard InChI is InChI=1S/C20H20FN3O/c1-23-19(13-24-9-2-3-10-24)22-18-12-15(7-8-17(18)20(23)25)14-5-4-6-16(21)11-14/h4-8,11-12H,2-3,9-10,13H2,1H3. The molecule has 25 heavy (non-hydrogen) atoms. The summed E-state index contributed by atoms with van der Waals surface area (Å²) in [7, 11) is 1.78. The molecule has 1 aromatic heterocycles. The average Bonchev–Trinajstić information content (AvgIpc) is 3.12. The van der Waals surface area contributed by atoms with Crippen molar-refractivity contribution in [2.75, 3.05) is 13.1 Å². The highest BCUT2D eigenvalue weighted by molar-refractivity contribution is 5.83. The maximum absolute atomic E-state index is 13.5. The van der Waals surface area contributed by atoms with Gasteiger partial charge in [-0.15, -0.1) is 0 Å². The van der Waals surface area contributed by atoms with Crippen molar-refractivity contribution in [1.29, 1.82) is 0 Å². The van der Waals surface area contributed by atoms with E-state index in [9.17, 15) is 9.18 Å². The van der Waals surface area contributed by atoms with Gasteiger partial charge in [-0.2, -0.15) is 0 Å². The zero-order valence-electron chi connectivity index (χ0n) is 14.2. The van der Waals surface area contributed by atoms with Crippen LogP contribution in [-0.2, 0) is 13.6 Å². The molecule has 4 rings (SSSR count). The number of likely N-dealkylation sites (tertiary alicyclic amines) is 1. The van der Waals surface area contributed by atoms with Gasteiger partial charge in [0.15, 0.2) is 0 Å². The van der Waals surface area contributed by atoms with Gasteiger partial charge in [-0.25, -0.2) is 9.37 Å². The predicted octanol–water partition coefficient (Wildman–Crippen LogP) is 3.34. The van der Waals surface area contributed by atoms with Crippen molar-refractivity contribution in [3.05, 3.63) is 64.5 Å². The quantitative estimate of drug-likeness (QED) is 0.736. The van der Waals surface area contributed by atoms with Crippen LogP contribution in [0.1, 0.15) is 18.7 Å². The first-order valence-electron chi connectivity index (χ1n) is 8.60. The maximum Gasteiger partial charge on any atom is 0.261 e. The molecule has 1 aliphatic rings. The molecule has 0 spiro atoms. The topological polar surface area (TPSA) is 38.1 Å². The van der Waals surface area contributed by atoms with Gasteiger partial charge in [0.1, 0.15) is 11.6 Å². The zero-order chi connectivity index (χ0) is 17.4. The third kappa shape index (κ3) is 3.07. The molecule has 2 aromatic carbocycles. The monoisotopic (exact) mass is 337 g/mol. The van der Waals surface area contributed by atoms with Crippen LogP contribution in [-0.4, -0.2) is 27.5 Å². The molecule has 1 saturated heterocycles. The molecule has 4 nitrogen and oxygen atoms in total.